The Balaban J connectivity index is 1.99. The standard InChI is InChI=1S/C14H18N2/c1-14(2,3)12-9-16(10-12)13-6-4-11(8-15)5-7-13/h4-7,12H,9-10H2,1-3H3. The lowest BCUT2D eigenvalue weighted by atomic mass is 9.76. The van der Waals surface area contributed by atoms with E-state index in [0.717, 1.165) is 24.6 Å². The third-order valence-electron chi connectivity index (χ3n) is 3.47. The summed E-state index contributed by atoms with van der Waals surface area (Å²) < 4.78 is 0. The van der Waals surface area contributed by atoms with E-state index in [2.05, 4.69) is 31.7 Å². The van der Waals surface area contributed by atoms with Crippen molar-refractivity contribution in [3.63, 3.8) is 0 Å². The summed E-state index contributed by atoms with van der Waals surface area (Å²) in [7, 11) is 0. The fraction of sp³-hybridized carbons (Fsp3) is 0.500. The van der Waals surface area contributed by atoms with Gasteiger partial charge in [0, 0.05) is 18.8 Å². The molecule has 1 aliphatic heterocycles. The maximum atomic E-state index is 8.72. The zero-order valence-corrected chi connectivity index (χ0v) is 10.2. The molecule has 0 bridgehead atoms. The van der Waals surface area contributed by atoms with Crippen LogP contribution < -0.4 is 4.90 Å². The van der Waals surface area contributed by atoms with Crippen LogP contribution in [0.25, 0.3) is 0 Å². The van der Waals surface area contributed by atoms with Crippen LogP contribution in [0.1, 0.15) is 26.3 Å². The Morgan fingerprint density at radius 3 is 2.19 bits per heavy atom. The lowest BCUT2D eigenvalue weighted by Crippen LogP contribution is -2.52. The van der Waals surface area contributed by atoms with Crippen LogP contribution in [0.3, 0.4) is 0 Å². The van der Waals surface area contributed by atoms with Gasteiger partial charge in [-0.2, -0.15) is 5.26 Å². The van der Waals surface area contributed by atoms with Crippen molar-refractivity contribution >= 4 is 5.69 Å². The van der Waals surface area contributed by atoms with Crippen molar-refractivity contribution in [2.45, 2.75) is 20.8 Å². The number of nitrogens with zero attached hydrogens (tertiary/aromatic N) is 2. The summed E-state index contributed by atoms with van der Waals surface area (Å²) in [4.78, 5) is 2.37. The first-order valence-electron chi connectivity index (χ1n) is 5.76. The molecule has 2 heteroatoms. The summed E-state index contributed by atoms with van der Waals surface area (Å²) >= 11 is 0. The Labute approximate surface area is 97.5 Å². The van der Waals surface area contributed by atoms with Gasteiger partial charge in [0.2, 0.25) is 0 Å². The molecule has 0 atom stereocenters. The molecule has 16 heavy (non-hydrogen) atoms. The van der Waals surface area contributed by atoms with Crippen molar-refractivity contribution in [1.29, 1.82) is 5.26 Å². The number of anilines is 1. The van der Waals surface area contributed by atoms with Gasteiger partial charge < -0.3 is 4.90 Å². The van der Waals surface area contributed by atoms with Crippen molar-refractivity contribution in [1.82, 2.24) is 0 Å². The average Bonchev–Trinajstić information content (AvgIpc) is 2.14. The van der Waals surface area contributed by atoms with Gasteiger partial charge in [0.05, 0.1) is 11.6 Å². The molecule has 0 N–H and O–H groups in total. The molecule has 0 aliphatic carbocycles. The highest BCUT2D eigenvalue weighted by Gasteiger charge is 2.35. The van der Waals surface area contributed by atoms with E-state index in [1.165, 1.54) is 5.69 Å². The van der Waals surface area contributed by atoms with E-state index in [0.29, 0.717) is 5.41 Å². The molecular formula is C14H18N2. The van der Waals surface area contributed by atoms with Crippen molar-refractivity contribution in [3.8, 4) is 6.07 Å². The van der Waals surface area contributed by atoms with Gasteiger partial charge in [-0.1, -0.05) is 20.8 Å². The monoisotopic (exact) mass is 214 g/mol. The van der Waals surface area contributed by atoms with Crippen LogP contribution in [0.15, 0.2) is 24.3 Å². The van der Waals surface area contributed by atoms with Crippen molar-refractivity contribution < 1.29 is 0 Å². The minimum absolute atomic E-state index is 0.406. The number of hydrogen-bond acceptors (Lipinski definition) is 2. The minimum atomic E-state index is 0.406. The molecule has 0 saturated carbocycles. The van der Waals surface area contributed by atoms with Crippen molar-refractivity contribution in [2.24, 2.45) is 11.3 Å². The topological polar surface area (TPSA) is 27.0 Å². The van der Waals surface area contributed by atoms with Gasteiger partial charge in [-0.05, 0) is 35.6 Å². The third kappa shape index (κ3) is 2.04. The molecule has 0 spiro atoms. The quantitative estimate of drug-likeness (QED) is 0.718. The summed E-state index contributed by atoms with van der Waals surface area (Å²) in [6, 6.07) is 10.00. The summed E-state index contributed by atoms with van der Waals surface area (Å²) in [6.45, 7) is 9.17. The zero-order chi connectivity index (χ0) is 11.8. The second kappa shape index (κ2) is 3.83. The third-order valence-corrected chi connectivity index (χ3v) is 3.47. The number of rotatable bonds is 1. The number of hydrogen-bond donors (Lipinski definition) is 0. The molecule has 0 aromatic heterocycles. The molecule has 0 radical (unpaired) electrons. The molecule has 1 aromatic carbocycles. The van der Waals surface area contributed by atoms with Crippen LogP contribution in [-0.4, -0.2) is 13.1 Å². The van der Waals surface area contributed by atoms with E-state index in [1.807, 2.05) is 24.3 Å². The highest BCUT2D eigenvalue weighted by atomic mass is 15.2. The van der Waals surface area contributed by atoms with E-state index in [1.54, 1.807) is 0 Å². The summed E-state index contributed by atoms with van der Waals surface area (Å²) in [5, 5.41) is 8.72. The smallest absolute Gasteiger partial charge is 0.0991 e. The molecular weight excluding hydrogens is 196 g/mol. The number of benzene rings is 1. The molecule has 2 nitrogen and oxygen atoms in total. The lowest BCUT2D eigenvalue weighted by molar-refractivity contribution is 0.195. The fourth-order valence-electron chi connectivity index (χ4n) is 1.98. The second-order valence-corrected chi connectivity index (χ2v) is 5.63. The average molecular weight is 214 g/mol. The second-order valence-electron chi connectivity index (χ2n) is 5.63. The van der Waals surface area contributed by atoms with Gasteiger partial charge in [-0.15, -0.1) is 0 Å². The maximum Gasteiger partial charge on any atom is 0.0991 e. The van der Waals surface area contributed by atoms with E-state index in [-0.39, 0.29) is 0 Å². The molecule has 1 aliphatic rings. The zero-order valence-electron chi connectivity index (χ0n) is 10.2. The molecule has 1 fully saturated rings. The molecule has 0 unspecified atom stereocenters. The predicted molar refractivity (Wildman–Crippen MR) is 66.3 cm³/mol. The van der Waals surface area contributed by atoms with Gasteiger partial charge in [0.25, 0.3) is 0 Å². The number of nitriles is 1. The van der Waals surface area contributed by atoms with Crippen molar-refractivity contribution in [2.75, 3.05) is 18.0 Å². The SMILES string of the molecule is CC(C)(C)C1CN(c2ccc(C#N)cc2)C1. The van der Waals surface area contributed by atoms with E-state index in [9.17, 15) is 0 Å². The van der Waals surface area contributed by atoms with Gasteiger partial charge in [0.1, 0.15) is 0 Å². The van der Waals surface area contributed by atoms with Crippen LogP contribution >= 0.6 is 0 Å². The van der Waals surface area contributed by atoms with E-state index >= 15 is 0 Å². The first-order valence-corrected chi connectivity index (χ1v) is 5.76. The van der Waals surface area contributed by atoms with Gasteiger partial charge >= 0.3 is 0 Å². The Bertz CT molecular complexity index is 400. The molecule has 0 amide bonds. The predicted octanol–water partition coefficient (Wildman–Crippen LogP) is 3.04. The molecule has 1 heterocycles. The van der Waals surface area contributed by atoms with Crippen molar-refractivity contribution in [3.05, 3.63) is 29.8 Å². The van der Waals surface area contributed by atoms with Crippen LogP contribution in [-0.2, 0) is 0 Å². The van der Waals surface area contributed by atoms with Crippen LogP contribution in [0, 0.1) is 22.7 Å². The summed E-state index contributed by atoms with van der Waals surface area (Å²) in [5.41, 5.74) is 2.37. The highest BCUT2D eigenvalue weighted by molar-refractivity contribution is 5.51. The molecule has 1 aromatic rings. The highest BCUT2D eigenvalue weighted by Crippen LogP contribution is 2.36. The van der Waals surface area contributed by atoms with E-state index in [4.69, 9.17) is 5.26 Å². The lowest BCUT2D eigenvalue weighted by Gasteiger charge is -2.47. The maximum absolute atomic E-state index is 8.72. The van der Waals surface area contributed by atoms with Gasteiger partial charge in [-0.25, -0.2) is 0 Å². The molecule has 2 rings (SSSR count). The summed E-state index contributed by atoms with van der Waals surface area (Å²) in [6.07, 6.45) is 0. The van der Waals surface area contributed by atoms with E-state index < -0.39 is 0 Å². The Hall–Kier alpha value is -1.49. The largest absolute Gasteiger partial charge is 0.371 e. The van der Waals surface area contributed by atoms with Gasteiger partial charge in [-0.3, -0.25) is 0 Å². The fourth-order valence-corrected chi connectivity index (χ4v) is 1.98. The van der Waals surface area contributed by atoms with Crippen LogP contribution in [0.5, 0.6) is 0 Å². The first-order chi connectivity index (χ1) is 7.50. The Kier molecular flexibility index (Phi) is 2.63. The minimum Gasteiger partial charge on any atom is -0.371 e. The van der Waals surface area contributed by atoms with Crippen LogP contribution in [0.4, 0.5) is 5.69 Å². The Morgan fingerprint density at radius 1 is 1.19 bits per heavy atom. The van der Waals surface area contributed by atoms with Crippen LogP contribution in [0.2, 0.25) is 0 Å². The first kappa shape index (κ1) is 11.0. The summed E-state index contributed by atoms with van der Waals surface area (Å²) in [5.74, 6) is 0.781. The molecule has 84 valence electrons. The van der Waals surface area contributed by atoms with Gasteiger partial charge in [0.15, 0.2) is 0 Å². The normalized spacial score (nSPS) is 16.8. The molecule has 1 saturated heterocycles. The Morgan fingerprint density at radius 2 is 1.75 bits per heavy atom.